The number of tetrazole rings is 1. The van der Waals surface area contributed by atoms with Gasteiger partial charge in [-0.2, -0.15) is 4.68 Å². The highest BCUT2D eigenvalue weighted by Crippen LogP contribution is 2.22. The van der Waals surface area contributed by atoms with Crippen LogP contribution >= 0.6 is 11.8 Å². The number of thioether (sulfide) groups is 1. The van der Waals surface area contributed by atoms with Crippen LogP contribution in [0.5, 0.6) is 0 Å². The van der Waals surface area contributed by atoms with Crippen LogP contribution in [0.1, 0.15) is 37.3 Å². The van der Waals surface area contributed by atoms with E-state index in [1.807, 2.05) is 19.1 Å². The Morgan fingerprint density at radius 1 is 1.30 bits per heavy atom. The van der Waals surface area contributed by atoms with E-state index < -0.39 is 0 Å². The van der Waals surface area contributed by atoms with Crippen molar-refractivity contribution in [2.75, 3.05) is 12.3 Å². The van der Waals surface area contributed by atoms with E-state index in [0.717, 1.165) is 37.1 Å². The number of hydrogen-bond donors (Lipinski definition) is 1. The Hall–Kier alpha value is -1.89. The Kier molecular flexibility index (Phi) is 6.58. The van der Waals surface area contributed by atoms with Gasteiger partial charge in [0.2, 0.25) is 11.1 Å². The Balaban J connectivity index is 1.96. The first-order chi connectivity index (χ1) is 11.1. The van der Waals surface area contributed by atoms with E-state index in [2.05, 4.69) is 40.8 Å². The van der Waals surface area contributed by atoms with Crippen LogP contribution in [-0.4, -0.2) is 38.4 Å². The van der Waals surface area contributed by atoms with Crippen molar-refractivity contribution in [2.45, 2.75) is 45.2 Å². The van der Waals surface area contributed by atoms with Crippen molar-refractivity contribution >= 4 is 17.7 Å². The molecular formula is C16H23N5OS. The Morgan fingerprint density at radius 3 is 2.91 bits per heavy atom. The first kappa shape index (κ1) is 17.5. The third-order valence-electron chi connectivity index (χ3n) is 3.68. The molecule has 1 amide bonds. The third-order valence-corrected chi connectivity index (χ3v) is 4.60. The smallest absolute Gasteiger partial charge is 0.230 e. The largest absolute Gasteiger partial charge is 0.355 e. The van der Waals surface area contributed by atoms with Gasteiger partial charge >= 0.3 is 0 Å². The Morgan fingerprint density at radius 2 is 2.13 bits per heavy atom. The average Bonchev–Trinajstić information content (AvgIpc) is 3.00. The van der Waals surface area contributed by atoms with Crippen molar-refractivity contribution in [1.29, 1.82) is 0 Å². The number of aryl methyl sites for hydroxylation is 1. The van der Waals surface area contributed by atoms with Gasteiger partial charge in [-0.25, -0.2) is 0 Å². The molecule has 0 saturated carbocycles. The van der Waals surface area contributed by atoms with E-state index in [4.69, 9.17) is 0 Å². The summed E-state index contributed by atoms with van der Waals surface area (Å²) in [5.41, 5.74) is 3.26. The van der Waals surface area contributed by atoms with Crippen molar-refractivity contribution in [3.8, 4) is 5.69 Å². The maximum absolute atomic E-state index is 11.9. The van der Waals surface area contributed by atoms with Crippen molar-refractivity contribution < 1.29 is 4.79 Å². The van der Waals surface area contributed by atoms with E-state index in [1.165, 1.54) is 17.3 Å². The SMILES string of the molecule is CCCCCNC(=O)CSc1nnnn1-c1cccc(C)c1C. The zero-order valence-corrected chi connectivity index (χ0v) is 14.7. The van der Waals surface area contributed by atoms with Crippen LogP contribution in [0.15, 0.2) is 23.4 Å². The number of unbranched alkanes of at least 4 members (excludes halogenated alkanes) is 2. The quantitative estimate of drug-likeness (QED) is 0.594. The van der Waals surface area contributed by atoms with E-state index in [1.54, 1.807) is 4.68 Å². The van der Waals surface area contributed by atoms with Gasteiger partial charge in [-0.3, -0.25) is 4.79 Å². The van der Waals surface area contributed by atoms with E-state index in [-0.39, 0.29) is 5.91 Å². The molecule has 6 nitrogen and oxygen atoms in total. The first-order valence-corrected chi connectivity index (χ1v) is 8.86. The lowest BCUT2D eigenvalue weighted by atomic mass is 10.1. The number of carbonyl (C=O) groups excluding carboxylic acids is 1. The lowest BCUT2D eigenvalue weighted by Gasteiger charge is -2.09. The molecule has 2 aromatic rings. The minimum Gasteiger partial charge on any atom is -0.355 e. The van der Waals surface area contributed by atoms with Gasteiger partial charge in [0.15, 0.2) is 0 Å². The maximum atomic E-state index is 11.9. The number of benzene rings is 1. The summed E-state index contributed by atoms with van der Waals surface area (Å²) in [5.74, 6) is 0.332. The Labute approximate surface area is 141 Å². The summed E-state index contributed by atoms with van der Waals surface area (Å²) >= 11 is 1.35. The molecule has 1 aromatic heterocycles. The number of hydrogen-bond acceptors (Lipinski definition) is 5. The molecule has 0 radical (unpaired) electrons. The number of nitrogens with zero attached hydrogens (tertiary/aromatic N) is 4. The van der Waals surface area contributed by atoms with Gasteiger partial charge in [-0.15, -0.1) is 5.10 Å². The fourth-order valence-corrected chi connectivity index (χ4v) is 2.88. The van der Waals surface area contributed by atoms with Crippen LogP contribution in [0.25, 0.3) is 5.69 Å². The number of aromatic nitrogens is 4. The van der Waals surface area contributed by atoms with Gasteiger partial charge in [-0.1, -0.05) is 43.7 Å². The summed E-state index contributed by atoms with van der Waals surface area (Å²) < 4.78 is 1.69. The van der Waals surface area contributed by atoms with Gasteiger partial charge in [0.1, 0.15) is 0 Å². The van der Waals surface area contributed by atoms with Gasteiger partial charge in [0.25, 0.3) is 0 Å². The molecule has 1 N–H and O–H groups in total. The third kappa shape index (κ3) is 4.79. The summed E-state index contributed by atoms with van der Waals surface area (Å²) in [6, 6.07) is 6.02. The highest BCUT2D eigenvalue weighted by molar-refractivity contribution is 7.99. The minimum atomic E-state index is 0.0154. The van der Waals surface area contributed by atoms with Crippen LogP contribution in [-0.2, 0) is 4.79 Å². The summed E-state index contributed by atoms with van der Waals surface area (Å²) in [4.78, 5) is 11.9. The van der Waals surface area contributed by atoms with Crippen LogP contribution in [0, 0.1) is 13.8 Å². The van der Waals surface area contributed by atoms with E-state index >= 15 is 0 Å². The molecule has 0 saturated heterocycles. The molecule has 0 bridgehead atoms. The predicted molar refractivity (Wildman–Crippen MR) is 91.9 cm³/mol. The summed E-state index contributed by atoms with van der Waals surface area (Å²) in [5, 5.41) is 15.4. The fourth-order valence-electron chi connectivity index (χ4n) is 2.17. The molecule has 0 aliphatic rings. The zero-order chi connectivity index (χ0) is 16.7. The highest BCUT2D eigenvalue weighted by atomic mass is 32.2. The number of amides is 1. The fraction of sp³-hybridized carbons (Fsp3) is 0.500. The normalized spacial score (nSPS) is 10.7. The average molecular weight is 333 g/mol. The van der Waals surface area contributed by atoms with Crippen molar-refractivity contribution in [2.24, 2.45) is 0 Å². The number of carbonyl (C=O) groups is 1. The van der Waals surface area contributed by atoms with Crippen molar-refractivity contribution in [3.63, 3.8) is 0 Å². The summed E-state index contributed by atoms with van der Waals surface area (Å²) in [6.07, 6.45) is 3.31. The second-order valence-corrected chi connectivity index (χ2v) is 6.38. The molecule has 0 spiro atoms. The Bertz CT molecular complexity index is 656. The maximum Gasteiger partial charge on any atom is 0.230 e. The lowest BCUT2D eigenvalue weighted by molar-refractivity contribution is -0.118. The molecule has 0 atom stereocenters. The molecule has 23 heavy (non-hydrogen) atoms. The standard InChI is InChI=1S/C16H23N5OS/c1-4-5-6-10-17-15(22)11-23-16-18-19-20-21(16)14-9-7-8-12(2)13(14)3/h7-9H,4-6,10-11H2,1-3H3,(H,17,22). The van der Waals surface area contributed by atoms with Gasteiger partial charge in [-0.05, 0) is 47.9 Å². The molecular weight excluding hydrogens is 310 g/mol. The summed E-state index contributed by atoms with van der Waals surface area (Å²) in [6.45, 7) is 6.97. The minimum absolute atomic E-state index is 0.0154. The molecule has 7 heteroatoms. The molecule has 0 fully saturated rings. The van der Waals surface area contributed by atoms with Crippen LogP contribution < -0.4 is 5.32 Å². The monoisotopic (exact) mass is 333 g/mol. The second kappa shape index (κ2) is 8.67. The number of rotatable bonds is 8. The summed E-state index contributed by atoms with van der Waals surface area (Å²) in [7, 11) is 0. The van der Waals surface area contributed by atoms with Crippen LogP contribution in [0.4, 0.5) is 0 Å². The molecule has 2 rings (SSSR count). The van der Waals surface area contributed by atoms with E-state index in [0.29, 0.717) is 10.9 Å². The van der Waals surface area contributed by atoms with Gasteiger partial charge < -0.3 is 5.32 Å². The van der Waals surface area contributed by atoms with E-state index in [9.17, 15) is 4.79 Å². The zero-order valence-electron chi connectivity index (χ0n) is 13.9. The molecule has 0 unspecified atom stereocenters. The molecule has 1 aromatic carbocycles. The predicted octanol–water partition coefficient (Wildman–Crippen LogP) is 2.68. The first-order valence-electron chi connectivity index (χ1n) is 7.88. The molecule has 1 heterocycles. The second-order valence-electron chi connectivity index (χ2n) is 5.44. The number of nitrogens with one attached hydrogen (secondary N) is 1. The van der Waals surface area contributed by atoms with Crippen LogP contribution in [0.3, 0.4) is 0 Å². The van der Waals surface area contributed by atoms with Crippen LogP contribution in [0.2, 0.25) is 0 Å². The van der Waals surface area contributed by atoms with Crippen molar-refractivity contribution in [3.05, 3.63) is 29.3 Å². The van der Waals surface area contributed by atoms with Gasteiger partial charge in [0, 0.05) is 6.54 Å². The highest BCUT2D eigenvalue weighted by Gasteiger charge is 2.13. The topological polar surface area (TPSA) is 72.7 Å². The molecule has 124 valence electrons. The molecule has 0 aliphatic heterocycles. The van der Waals surface area contributed by atoms with Gasteiger partial charge in [0.05, 0.1) is 11.4 Å². The molecule has 0 aliphatic carbocycles. The van der Waals surface area contributed by atoms with Crippen molar-refractivity contribution in [1.82, 2.24) is 25.5 Å². The lowest BCUT2D eigenvalue weighted by Crippen LogP contribution is -2.26.